The van der Waals surface area contributed by atoms with Gasteiger partial charge < -0.3 is 10.2 Å². The average Bonchev–Trinajstić information content (AvgIpc) is 3.39. The summed E-state index contributed by atoms with van der Waals surface area (Å²) in [6.45, 7) is 4.47. The lowest BCUT2D eigenvalue weighted by atomic mass is 10.1. The SMILES string of the molecule is O=C(NCc1ccc(CN2CCCC2)cc1)c1ccc(Cl)c(N2CCCC2=O)c1. The predicted molar refractivity (Wildman–Crippen MR) is 115 cm³/mol. The van der Waals surface area contributed by atoms with E-state index in [2.05, 4.69) is 34.5 Å². The molecule has 5 nitrogen and oxygen atoms in total. The fourth-order valence-electron chi connectivity index (χ4n) is 4.01. The van der Waals surface area contributed by atoms with Gasteiger partial charge in [0.2, 0.25) is 5.91 Å². The van der Waals surface area contributed by atoms with E-state index in [0.717, 1.165) is 18.5 Å². The number of nitrogens with one attached hydrogen (secondary N) is 1. The Hall–Kier alpha value is -2.37. The Kier molecular flexibility index (Phi) is 6.16. The second-order valence-corrected chi connectivity index (χ2v) is 8.20. The van der Waals surface area contributed by atoms with Crippen molar-refractivity contribution in [1.82, 2.24) is 10.2 Å². The standard InChI is InChI=1S/C23H26ClN3O2/c24-20-10-9-19(14-21(20)27-13-3-4-22(27)28)23(29)25-15-17-5-7-18(8-6-17)16-26-11-1-2-12-26/h5-10,14H,1-4,11-13,15-16H2,(H,25,29). The molecule has 0 atom stereocenters. The van der Waals surface area contributed by atoms with Crippen molar-refractivity contribution in [3.8, 4) is 0 Å². The van der Waals surface area contributed by atoms with Crippen LogP contribution < -0.4 is 10.2 Å². The van der Waals surface area contributed by atoms with Gasteiger partial charge in [0.25, 0.3) is 5.91 Å². The van der Waals surface area contributed by atoms with Crippen molar-refractivity contribution >= 4 is 29.1 Å². The van der Waals surface area contributed by atoms with Crippen LogP contribution in [0.1, 0.15) is 47.2 Å². The van der Waals surface area contributed by atoms with Crippen molar-refractivity contribution in [1.29, 1.82) is 0 Å². The van der Waals surface area contributed by atoms with Gasteiger partial charge in [-0.05, 0) is 61.7 Å². The molecule has 0 aromatic heterocycles. The molecule has 2 heterocycles. The molecule has 2 aromatic carbocycles. The minimum atomic E-state index is -0.171. The van der Waals surface area contributed by atoms with E-state index < -0.39 is 0 Å². The molecule has 2 saturated heterocycles. The number of benzene rings is 2. The van der Waals surface area contributed by atoms with Crippen LogP contribution in [0.3, 0.4) is 0 Å². The molecule has 2 amide bonds. The van der Waals surface area contributed by atoms with Crippen molar-refractivity contribution in [2.24, 2.45) is 0 Å². The number of rotatable bonds is 6. The van der Waals surface area contributed by atoms with E-state index in [-0.39, 0.29) is 11.8 Å². The first kappa shape index (κ1) is 19.9. The molecule has 152 valence electrons. The first-order valence-electron chi connectivity index (χ1n) is 10.3. The summed E-state index contributed by atoms with van der Waals surface area (Å²) in [4.78, 5) is 28.8. The molecule has 0 spiro atoms. The molecule has 2 aliphatic heterocycles. The zero-order valence-electron chi connectivity index (χ0n) is 16.5. The monoisotopic (exact) mass is 411 g/mol. The first-order valence-corrected chi connectivity index (χ1v) is 10.7. The van der Waals surface area contributed by atoms with Crippen molar-refractivity contribution in [2.45, 2.75) is 38.8 Å². The highest BCUT2D eigenvalue weighted by molar-refractivity contribution is 6.34. The number of amides is 2. The molecule has 0 radical (unpaired) electrons. The lowest BCUT2D eigenvalue weighted by Gasteiger charge is -2.18. The van der Waals surface area contributed by atoms with Gasteiger partial charge in [-0.2, -0.15) is 0 Å². The summed E-state index contributed by atoms with van der Waals surface area (Å²) < 4.78 is 0. The maximum Gasteiger partial charge on any atom is 0.251 e. The second kappa shape index (κ2) is 8.97. The Balaban J connectivity index is 1.36. The van der Waals surface area contributed by atoms with E-state index in [1.54, 1.807) is 23.1 Å². The summed E-state index contributed by atoms with van der Waals surface area (Å²) in [6, 6.07) is 13.5. The molecular weight excluding hydrogens is 386 g/mol. The zero-order chi connectivity index (χ0) is 20.2. The van der Waals surface area contributed by atoms with Crippen LogP contribution in [0.25, 0.3) is 0 Å². The van der Waals surface area contributed by atoms with Gasteiger partial charge in [-0.1, -0.05) is 35.9 Å². The molecule has 0 aliphatic carbocycles. The number of carbonyl (C=O) groups is 2. The summed E-state index contributed by atoms with van der Waals surface area (Å²) in [6.07, 6.45) is 3.94. The van der Waals surface area contributed by atoms with Gasteiger partial charge in [0.1, 0.15) is 0 Å². The van der Waals surface area contributed by atoms with Gasteiger partial charge in [0, 0.05) is 31.6 Å². The number of hydrogen-bond acceptors (Lipinski definition) is 3. The summed E-state index contributed by atoms with van der Waals surface area (Å²) in [5, 5.41) is 3.45. The van der Waals surface area contributed by atoms with Gasteiger partial charge in [-0.3, -0.25) is 14.5 Å². The highest BCUT2D eigenvalue weighted by Gasteiger charge is 2.24. The summed E-state index contributed by atoms with van der Waals surface area (Å²) >= 11 is 6.27. The van der Waals surface area contributed by atoms with E-state index in [9.17, 15) is 9.59 Å². The van der Waals surface area contributed by atoms with Gasteiger partial charge in [0.15, 0.2) is 0 Å². The van der Waals surface area contributed by atoms with E-state index in [1.165, 1.54) is 31.5 Å². The number of halogens is 1. The third kappa shape index (κ3) is 4.80. The molecule has 6 heteroatoms. The highest BCUT2D eigenvalue weighted by atomic mass is 35.5. The lowest BCUT2D eigenvalue weighted by molar-refractivity contribution is -0.117. The molecule has 29 heavy (non-hydrogen) atoms. The number of likely N-dealkylation sites (tertiary alicyclic amines) is 1. The summed E-state index contributed by atoms with van der Waals surface area (Å²) in [7, 11) is 0. The lowest BCUT2D eigenvalue weighted by Crippen LogP contribution is -2.26. The Morgan fingerprint density at radius 3 is 2.38 bits per heavy atom. The number of anilines is 1. The second-order valence-electron chi connectivity index (χ2n) is 7.80. The Bertz CT molecular complexity index is 891. The summed E-state index contributed by atoms with van der Waals surface area (Å²) in [5.41, 5.74) is 3.50. The van der Waals surface area contributed by atoms with Gasteiger partial charge in [0.05, 0.1) is 10.7 Å². The fraction of sp³-hybridized carbons (Fsp3) is 0.391. The molecule has 4 rings (SSSR count). The molecule has 2 aromatic rings. The van der Waals surface area contributed by atoms with Crippen LogP contribution in [0.5, 0.6) is 0 Å². The maximum absolute atomic E-state index is 12.6. The Labute approximate surface area is 176 Å². The van der Waals surface area contributed by atoms with Crippen molar-refractivity contribution in [3.63, 3.8) is 0 Å². The quantitative estimate of drug-likeness (QED) is 0.781. The molecule has 2 fully saturated rings. The predicted octanol–water partition coefficient (Wildman–Crippen LogP) is 3.99. The molecule has 0 bridgehead atoms. The molecular formula is C23H26ClN3O2. The number of hydrogen-bond donors (Lipinski definition) is 1. The largest absolute Gasteiger partial charge is 0.348 e. The van der Waals surface area contributed by atoms with Gasteiger partial charge in [-0.15, -0.1) is 0 Å². The average molecular weight is 412 g/mol. The van der Waals surface area contributed by atoms with E-state index in [1.807, 2.05) is 0 Å². The van der Waals surface area contributed by atoms with Crippen LogP contribution in [0, 0.1) is 0 Å². The first-order chi connectivity index (χ1) is 14.1. The van der Waals surface area contributed by atoms with E-state index in [4.69, 9.17) is 11.6 Å². The normalized spacial score (nSPS) is 17.1. The van der Waals surface area contributed by atoms with E-state index >= 15 is 0 Å². The zero-order valence-corrected chi connectivity index (χ0v) is 17.3. The van der Waals surface area contributed by atoms with Crippen LogP contribution in [0.4, 0.5) is 5.69 Å². The molecule has 2 aliphatic rings. The van der Waals surface area contributed by atoms with Gasteiger partial charge in [-0.25, -0.2) is 0 Å². The Morgan fingerprint density at radius 2 is 1.69 bits per heavy atom. The van der Waals surface area contributed by atoms with Crippen LogP contribution in [-0.2, 0) is 17.9 Å². The number of nitrogens with zero attached hydrogens (tertiary/aromatic N) is 2. The van der Waals surface area contributed by atoms with Crippen molar-refractivity contribution in [2.75, 3.05) is 24.5 Å². The minimum Gasteiger partial charge on any atom is -0.348 e. The number of carbonyl (C=O) groups excluding carboxylic acids is 2. The van der Waals surface area contributed by atoms with Crippen LogP contribution >= 0.6 is 11.6 Å². The minimum absolute atomic E-state index is 0.0541. The fourth-order valence-corrected chi connectivity index (χ4v) is 4.23. The van der Waals surface area contributed by atoms with E-state index in [0.29, 0.717) is 35.8 Å². The van der Waals surface area contributed by atoms with Crippen LogP contribution in [0.2, 0.25) is 5.02 Å². The van der Waals surface area contributed by atoms with Crippen molar-refractivity contribution < 1.29 is 9.59 Å². The molecule has 0 saturated carbocycles. The third-order valence-electron chi connectivity index (χ3n) is 5.65. The topological polar surface area (TPSA) is 52.7 Å². The smallest absolute Gasteiger partial charge is 0.251 e. The maximum atomic E-state index is 12.6. The van der Waals surface area contributed by atoms with Gasteiger partial charge >= 0.3 is 0 Å². The molecule has 1 N–H and O–H groups in total. The van der Waals surface area contributed by atoms with Crippen LogP contribution in [0.15, 0.2) is 42.5 Å². The Morgan fingerprint density at radius 1 is 0.966 bits per heavy atom. The van der Waals surface area contributed by atoms with Crippen molar-refractivity contribution in [3.05, 3.63) is 64.2 Å². The molecule has 0 unspecified atom stereocenters. The highest BCUT2D eigenvalue weighted by Crippen LogP contribution is 2.30. The van der Waals surface area contributed by atoms with Crippen LogP contribution in [-0.4, -0.2) is 36.3 Å². The summed E-state index contributed by atoms with van der Waals surface area (Å²) in [5.74, 6) is -0.116. The third-order valence-corrected chi connectivity index (χ3v) is 5.97.